The fraction of sp³-hybridized carbons (Fsp3) is 0.429. The lowest BCUT2D eigenvalue weighted by Crippen LogP contribution is -2.25. The number of ketones is 1. The van der Waals surface area contributed by atoms with Gasteiger partial charge in [-0.25, -0.2) is 0 Å². The van der Waals surface area contributed by atoms with Crippen molar-refractivity contribution in [3.63, 3.8) is 0 Å². The molecule has 0 bridgehead atoms. The minimum Gasteiger partial charge on any atom is -0.309 e. The molecule has 1 heterocycles. The molecule has 0 aromatic rings. The topological polar surface area (TPSA) is 37.4 Å². The van der Waals surface area contributed by atoms with Crippen molar-refractivity contribution >= 4 is 11.7 Å². The molecule has 3 heteroatoms. The van der Waals surface area contributed by atoms with E-state index in [-0.39, 0.29) is 18.2 Å². The molecule has 1 aliphatic rings. The average molecular weight is 139 g/mol. The standard InChI is InChI=1S/C7H9NO2/c1-5-3-7(10)4-8(5)6(2)9/h3H,4H2,1-2H3. The van der Waals surface area contributed by atoms with Gasteiger partial charge in [-0.05, 0) is 6.92 Å². The van der Waals surface area contributed by atoms with Crippen molar-refractivity contribution in [2.45, 2.75) is 13.8 Å². The van der Waals surface area contributed by atoms with Crippen LogP contribution in [-0.4, -0.2) is 23.1 Å². The van der Waals surface area contributed by atoms with E-state index in [1.165, 1.54) is 17.9 Å². The quantitative estimate of drug-likeness (QED) is 0.484. The van der Waals surface area contributed by atoms with Gasteiger partial charge < -0.3 is 4.90 Å². The Kier molecular flexibility index (Phi) is 1.57. The van der Waals surface area contributed by atoms with E-state index in [1.54, 1.807) is 6.92 Å². The Hall–Kier alpha value is -1.12. The number of nitrogens with zero attached hydrogens (tertiary/aromatic N) is 1. The van der Waals surface area contributed by atoms with Gasteiger partial charge in [0.05, 0.1) is 6.54 Å². The Morgan fingerprint density at radius 1 is 1.70 bits per heavy atom. The molecule has 0 aliphatic carbocycles. The highest BCUT2D eigenvalue weighted by molar-refractivity contribution is 5.98. The molecule has 1 aliphatic heterocycles. The summed E-state index contributed by atoms with van der Waals surface area (Å²) in [6.07, 6.45) is 1.49. The van der Waals surface area contributed by atoms with E-state index < -0.39 is 0 Å². The number of hydrogen-bond acceptors (Lipinski definition) is 2. The number of allylic oxidation sites excluding steroid dienone is 1. The normalized spacial score (nSPS) is 17.6. The van der Waals surface area contributed by atoms with E-state index in [4.69, 9.17) is 0 Å². The summed E-state index contributed by atoms with van der Waals surface area (Å²) in [5, 5.41) is 0. The second-order valence-corrected chi connectivity index (χ2v) is 2.36. The van der Waals surface area contributed by atoms with Gasteiger partial charge in [-0.15, -0.1) is 0 Å². The molecule has 1 amide bonds. The van der Waals surface area contributed by atoms with Crippen LogP contribution in [0.3, 0.4) is 0 Å². The molecule has 0 radical (unpaired) electrons. The number of rotatable bonds is 0. The summed E-state index contributed by atoms with van der Waals surface area (Å²) in [6, 6.07) is 0. The Morgan fingerprint density at radius 2 is 2.30 bits per heavy atom. The number of carbonyl (C=O) groups excluding carboxylic acids is 2. The number of amides is 1. The number of hydrogen-bond donors (Lipinski definition) is 0. The Morgan fingerprint density at radius 3 is 2.50 bits per heavy atom. The minimum absolute atomic E-state index is 0.00713. The van der Waals surface area contributed by atoms with Crippen molar-refractivity contribution in [3.8, 4) is 0 Å². The van der Waals surface area contributed by atoms with Crippen molar-refractivity contribution in [1.29, 1.82) is 0 Å². The number of carbonyl (C=O) groups is 2. The molecule has 0 N–H and O–H groups in total. The maximum absolute atomic E-state index is 10.7. The molecule has 1 rings (SSSR count). The van der Waals surface area contributed by atoms with E-state index >= 15 is 0 Å². The SMILES string of the molecule is CC(=O)N1CC(=O)C=C1C. The van der Waals surface area contributed by atoms with Gasteiger partial charge in [0.25, 0.3) is 0 Å². The minimum atomic E-state index is -0.0698. The van der Waals surface area contributed by atoms with Crippen LogP contribution in [0.2, 0.25) is 0 Å². The molecular formula is C7H9NO2. The highest BCUT2D eigenvalue weighted by atomic mass is 16.2. The second-order valence-electron chi connectivity index (χ2n) is 2.36. The van der Waals surface area contributed by atoms with Crippen LogP contribution in [0, 0.1) is 0 Å². The predicted octanol–water partition coefficient (Wildman–Crippen LogP) is 0.321. The van der Waals surface area contributed by atoms with Gasteiger partial charge in [0.15, 0.2) is 5.78 Å². The Bertz CT molecular complexity index is 218. The fourth-order valence-corrected chi connectivity index (χ4v) is 0.997. The van der Waals surface area contributed by atoms with E-state index in [0.29, 0.717) is 0 Å². The van der Waals surface area contributed by atoms with Gasteiger partial charge in [-0.2, -0.15) is 0 Å². The Balaban J connectivity index is 2.78. The monoisotopic (exact) mass is 139 g/mol. The molecule has 0 fully saturated rings. The highest BCUT2D eigenvalue weighted by Crippen LogP contribution is 2.10. The van der Waals surface area contributed by atoms with Crippen molar-refractivity contribution < 1.29 is 9.59 Å². The zero-order valence-electron chi connectivity index (χ0n) is 6.05. The zero-order chi connectivity index (χ0) is 7.72. The van der Waals surface area contributed by atoms with E-state index in [9.17, 15) is 9.59 Å². The van der Waals surface area contributed by atoms with Crippen LogP contribution in [0.4, 0.5) is 0 Å². The molecule has 54 valence electrons. The first-order valence-corrected chi connectivity index (χ1v) is 3.10. The van der Waals surface area contributed by atoms with Gasteiger partial charge in [0.2, 0.25) is 5.91 Å². The lowest BCUT2D eigenvalue weighted by Gasteiger charge is -2.12. The van der Waals surface area contributed by atoms with Crippen LogP contribution in [0.5, 0.6) is 0 Å². The smallest absolute Gasteiger partial charge is 0.224 e. The van der Waals surface area contributed by atoms with E-state index in [0.717, 1.165) is 5.70 Å². The van der Waals surface area contributed by atoms with Gasteiger partial charge in [0.1, 0.15) is 0 Å². The lowest BCUT2D eigenvalue weighted by molar-refractivity contribution is -0.129. The van der Waals surface area contributed by atoms with Crippen molar-refractivity contribution in [1.82, 2.24) is 4.90 Å². The van der Waals surface area contributed by atoms with Gasteiger partial charge in [0, 0.05) is 18.7 Å². The maximum Gasteiger partial charge on any atom is 0.224 e. The first-order chi connectivity index (χ1) is 4.61. The van der Waals surface area contributed by atoms with Crippen LogP contribution >= 0.6 is 0 Å². The summed E-state index contributed by atoms with van der Waals surface area (Å²) in [5.74, 6) is -0.0627. The average Bonchev–Trinajstić information content (AvgIpc) is 2.10. The third-order valence-corrected chi connectivity index (χ3v) is 1.49. The molecule has 0 aromatic heterocycles. The molecule has 3 nitrogen and oxygen atoms in total. The third kappa shape index (κ3) is 1.07. The molecule has 0 unspecified atom stereocenters. The van der Waals surface area contributed by atoms with Crippen LogP contribution in [0.25, 0.3) is 0 Å². The summed E-state index contributed by atoms with van der Waals surface area (Å²) in [5.41, 5.74) is 0.748. The highest BCUT2D eigenvalue weighted by Gasteiger charge is 2.20. The van der Waals surface area contributed by atoms with Crippen molar-refractivity contribution in [3.05, 3.63) is 11.8 Å². The van der Waals surface area contributed by atoms with Crippen LogP contribution in [0.1, 0.15) is 13.8 Å². The summed E-state index contributed by atoms with van der Waals surface area (Å²) in [4.78, 5) is 22.9. The molecule has 0 atom stereocenters. The summed E-state index contributed by atoms with van der Waals surface area (Å²) in [6.45, 7) is 3.43. The summed E-state index contributed by atoms with van der Waals surface area (Å²) in [7, 11) is 0. The van der Waals surface area contributed by atoms with Gasteiger partial charge in [-0.3, -0.25) is 9.59 Å². The van der Waals surface area contributed by atoms with Crippen LogP contribution in [0.15, 0.2) is 11.8 Å². The largest absolute Gasteiger partial charge is 0.309 e. The van der Waals surface area contributed by atoms with Crippen LogP contribution < -0.4 is 0 Å². The van der Waals surface area contributed by atoms with Crippen molar-refractivity contribution in [2.24, 2.45) is 0 Å². The third-order valence-electron chi connectivity index (χ3n) is 1.49. The molecule has 0 saturated heterocycles. The maximum atomic E-state index is 10.7. The van der Waals surface area contributed by atoms with Crippen molar-refractivity contribution in [2.75, 3.05) is 6.54 Å². The fourth-order valence-electron chi connectivity index (χ4n) is 0.997. The molecule has 0 saturated carbocycles. The first kappa shape index (κ1) is 6.99. The second kappa shape index (κ2) is 2.25. The summed E-state index contributed by atoms with van der Waals surface area (Å²) < 4.78 is 0. The molecular weight excluding hydrogens is 130 g/mol. The summed E-state index contributed by atoms with van der Waals surface area (Å²) >= 11 is 0. The zero-order valence-corrected chi connectivity index (χ0v) is 6.05. The van der Waals surface area contributed by atoms with Gasteiger partial charge >= 0.3 is 0 Å². The molecule has 10 heavy (non-hydrogen) atoms. The van der Waals surface area contributed by atoms with E-state index in [1.807, 2.05) is 0 Å². The Labute approximate surface area is 59.3 Å². The first-order valence-electron chi connectivity index (χ1n) is 3.10. The van der Waals surface area contributed by atoms with Gasteiger partial charge in [-0.1, -0.05) is 0 Å². The lowest BCUT2D eigenvalue weighted by atomic mass is 10.4. The van der Waals surface area contributed by atoms with Crippen LogP contribution in [-0.2, 0) is 9.59 Å². The molecule has 0 aromatic carbocycles. The predicted molar refractivity (Wildman–Crippen MR) is 36.2 cm³/mol. The van der Waals surface area contributed by atoms with E-state index in [2.05, 4.69) is 0 Å². The molecule has 0 spiro atoms.